The number of rotatable bonds is 7. The molecular weight excluding hydrogens is 368 g/mol. The van der Waals surface area contributed by atoms with Crippen LogP contribution in [0.3, 0.4) is 0 Å². The number of hydrogen-bond donors (Lipinski definition) is 1. The maximum atomic E-state index is 12.6. The van der Waals surface area contributed by atoms with Crippen molar-refractivity contribution >= 4 is 27.7 Å². The van der Waals surface area contributed by atoms with Gasteiger partial charge in [0.2, 0.25) is 15.9 Å². The Morgan fingerprint density at radius 3 is 2.38 bits per heavy atom. The Bertz CT molecular complexity index is 680. The van der Waals surface area contributed by atoms with E-state index in [4.69, 9.17) is 0 Å². The van der Waals surface area contributed by atoms with Gasteiger partial charge in [-0.25, -0.2) is 8.42 Å². The summed E-state index contributed by atoms with van der Waals surface area (Å²) in [5.74, 6) is 0.972. The Hall–Kier alpha value is -1.05. The second-order valence-electron chi connectivity index (χ2n) is 7.06. The van der Waals surface area contributed by atoms with E-state index in [9.17, 15) is 13.2 Å². The van der Waals surface area contributed by atoms with Gasteiger partial charge in [-0.2, -0.15) is 16.1 Å². The van der Waals surface area contributed by atoms with E-state index in [0.717, 1.165) is 11.0 Å². The second kappa shape index (κ2) is 9.24. The van der Waals surface area contributed by atoms with Crippen LogP contribution in [0.1, 0.15) is 38.5 Å². The van der Waals surface area contributed by atoms with Gasteiger partial charge in [0.1, 0.15) is 0 Å². The first-order valence-electron chi connectivity index (χ1n) is 9.52. The molecule has 0 unspecified atom stereocenters. The van der Waals surface area contributed by atoms with E-state index in [1.807, 2.05) is 11.8 Å². The van der Waals surface area contributed by atoms with Crippen LogP contribution in [0.15, 0.2) is 35.2 Å². The van der Waals surface area contributed by atoms with Crippen LogP contribution in [0.25, 0.3) is 0 Å². The number of carbonyl (C=O) groups excluding carboxylic acids is 1. The summed E-state index contributed by atoms with van der Waals surface area (Å²) in [7, 11) is -3.44. The monoisotopic (exact) mass is 396 g/mol. The van der Waals surface area contributed by atoms with Gasteiger partial charge in [-0.3, -0.25) is 4.79 Å². The van der Waals surface area contributed by atoms with E-state index >= 15 is 0 Å². The summed E-state index contributed by atoms with van der Waals surface area (Å²) in [5.41, 5.74) is 0. The van der Waals surface area contributed by atoms with E-state index in [1.54, 1.807) is 30.3 Å². The van der Waals surface area contributed by atoms with Gasteiger partial charge < -0.3 is 5.32 Å². The summed E-state index contributed by atoms with van der Waals surface area (Å²) in [6.07, 6.45) is 6.49. The Morgan fingerprint density at radius 1 is 1.08 bits per heavy atom. The zero-order valence-corrected chi connectivity index (χ0v) is 16.7. The number of thioether (sulfide) groups is 1. The van der Waals surface area contributed by atoms with Crippen LogP contribution in [0, 0.1) is 5.92 Å². The molecule has 7 heteroatoms. The summed E-state index contributed by atoms with van der Waals surface area (Å²) >= 11 is 1.97. The third kappa shape index (κ3) is 5.02. The van der Waals surface area contributed by atoms with Gasteiger partial charge in [0.15, 0.2) is 0 Å². The lowest BCUT2D eigenvalue weighted by Gasteiger charge is -2.30. The van der Waals surface area contributed by atoms with Gasteiger partial charge in [0, 0.05) is 36.6 Å². The average Bonchev–Trinajstić information content (AvgIpc) is 3.19. The predicted octanol–water partition coefficient (Wildman–Crippen LogP) is 2.88. The predicted molar refractivity (Wildman–Crippen MR) is 106 cm³/mol. The molecule has 1 amide bonds. The van der Waals surface area contributed by atoms with Gasteiger partial charge in [0.05, 0.1) is 4.90 Å². The van der Waals surface area contributed by atoms with Crippen LogP contribution in [0.2, 0.25) is 0 Å². The van der Waals surface area contributed by atoms with E-state index in [0.29, 0.717) is 37.4 Å². The molecule has 2 fully saturated rings. The highest BCUT2D eigenvalue weighted by molar-refractivity contribution is 7.99. The highest BCUT2D eigenvalue weighted by Gasteiger charge is 2.31. The molecule has 0 atom stereocenters. The molecule has 1 saturated heterocycles. The highest BCUT2D eigenvalue weighted by atomic mass is 32.2. The number of amides is 1. The fraction of sp³-hybridized carbons (Fsp3) is 0.632. The van der Waals surface area contributed by atoms with Gasteiger partial charge in [-0.05, 0) is 37.8 Å². The highest BCUT2D eigenvalue weighted by Crippen LogP contribution is 2.29. The first-order valence-corrected chi connectivity index (χ1v) is 12.0. The third-order valence-electron chi connectivity index (χ3n) is 5.26. The van der Waals surface area contributed by atoms with Crippen molar-refractivity contribution in [1.82, 2.24) is 9.62 Å². The van der Waals surface area contributed by atoms with Crippen molar-refractivity contribution in [2.75, 3.05) is 25.4 Å². The largest absolute Gasteiger partial charge is 0.355 e. The van der Waals surface area contributed by atoms with E-state index in [1.165, 1.54) is 30.0 Å². The molecule has 1 aliphatic heterocycles. The van der Waals surface area contributed by atoms with Crippen LogP contribution < -0.4 is 5.32 Å². The average molecular weight is 397 g/mol. The lowest BCUT2D eigenvalue weighted by molar-refractivity contribution is -0.125. The molecule has 0 spiro atoms. The van der Waals surface area contributed by atoms with E-state index in [-0.39, 0.29) is 11.8 Å². The number of carbonyl (C=O) groups is 1. The maximum Gasteiger partial charge on any atom is 0.243 e. The number of nitrogens with one attached hydrogen (secondary N) is 1. The van der Waals surface area contributed by atoms with Gasteiger partial charge in [0.25, 0.3) is 0 Å². The summed E-state index contributed by atoms with van der Waals surface area (Å²) in [5, 5.41) is 3.81. The van der Waals surface area contributed by atoms with Crippen LogP contribution in [0.5, 0.6) is 0 Å². The molecule has 2 aliphatic rings. The molecular formula is C19H28N2O3S2. The quantitative estimate of drug-likeness (QED) is 0.720. The topological polar surface area (TPSA) is 66.5 Å². The van der Waals surface area contributed by atoms with Crippen molar-refractivity contribution < 1.29 is 13.2 Å². The van der Waals surface area contributed by atoms with Gasteiger partial charge in [-0.15, -0.1) is 0 Å². The van der Waals surface area contributed by atoms with Crippen molar-refractivity contribution in [2.24, 2.45) is 5.92 Å². The van der Waals surface area contributed by atoms with Crippen LogP contribution in [0.4, 0.5) is 0 Å². The molecule has 26 heavy (non-hydrogen) atoms. The van der Waals surface area contributed by atoms with Crippen molar-refractivity contribution in [3.63, 3.8) is 0 Å². The normalized spacial score (nSPS) is 20.3. The van der Waals surface area contributed by atoms with Crippen LogP contribution in [-0.4, -0.2) is 49.3 Å². The Balaban J connectivity index is 1.41. The third-order valence-corrected chi connectivity index (χ3v) is 8.56. The van der Waals surface area contributed by atoms with E-state index in [2.05, 4.69) is 5.32 Å². The van der Waals surface area contributed by atoms with Crippen LogP contribution >= 0.6 is 11.8 Å². The zero-order chi connectivity index (χ0) is 18.4. The van der Waals surface area contributed by atoms with Crippen molar-refractivity contribution in [3.05, 3.63) is 30.3 Å². The number of hydrogen-bond acceptors (Lipinski definition) is 4. The molecule has 0 aromatic heterocycles. The Morgan fingerprint density at radius 2 is 1.73 bits per heavy atom. The van der Waals surface area contributed by atoms with Crippen LogP contribution in [-0.2, 0) is 14.8 Å². The first kappa shape index (κ1) is 19.7. The number of benzene rings is 1. The molecule has 3 rings (SSSR count). The molecule has 1 heterocycles. The lowest BCUT2D eigenvalue weighted by atomic mass is 9.97. The molecule has 5 nitrogen and oxygen atoms in total. The summed E-state index contributed by atoms with van der Waals surface area (Å²) in [6.45, 7) is 1.53. The molecule has 1 aliphatic carbocycles. The molecule has 1 aromatic carbocycles. The van der Waals surface area contributed by atoms with Crippen molar-refractivity contribution in [2.45, 2.75) is 48.7 Å². The smallest absolute Gasteiger partial charge is 0.243 e. The molecule has 1 saturated carbocycles. The molecule has 0 radical (unpaired) electrons. The first-order chi connectivity index (χ1) is 12.6. The minimum atomic E-state index is -3.44. The SMILES string of the molecule is O=C(NCCSC1CCCC1)C1CCN(S(=O)(=O)c2ccccc2)CC1. The van der Waals surface area contributed by atoms with Gasteiger partial charge in [-0.1, -0.05) is 31.0 Å². The number of nitrogens with zero attached hydrogens (tertiary/aromatic N) is 1. The minimum absolute atomic E-state index is 0.0753. The fourth-order valence-corrected chi connectivity index (χ4v) is 6.41. The second-order valence-corrected chi connectivity index (χ2v) is 10.4. The molecule has 1 N–H and O–H groups in total. The molecule has 0 bridgehead atoms. The Labute approximate surface area is 161 Å². The fourth-order valence-electron chi connectivity index (χ4n) is 3.70. The summed E-state index contributed by atoms with van der Waals surface area (Å²) in [4.78, 5) is 12.7. The zero-order valence-electron chi connectivity index (χ0n) is 15.1. The van der Waals surface area contributed by atoms with E-state index < -0.39 is 10.0 Å². The Kier molecular flexibility index (Phi) is 7.00. The van der Waals surface area contributed by atoms with Crippen molar-refractivity contribution in [3.8, 4) is 0 Å². The number of piperidine rings is 1. The number of sulfonamides is 1. The minimum Gasteiger partial charge on any atom is -0.355 e. The molecule has 1 aromatic rings. The van der Waals surface area contributed by atoms with Gasteiger partial charge >= 0.3 is 0 Å². The lowest BCUT2D eigenvalue weighted by Crippen LogP contribution is -2.43. The van der Waals surface area contributed by atoms with Crippen molar-refractivity contribution in [1.29, 1.82) is 0 Å². The molecule has 144 valence electrons. The standard InChI is InChI=1S/C19H28N2O3S2/c22-19(20-12-15-25-17-6-4-5-7-17)16-10-13-21(14-11-16)26(23,24)18-8-2-1-3-9-18/h1-3,8-9,16-17H,4-7,10-15H2,(H,20,22). The summed E-state index contributed by atoms with van der Waals surface area (Å²) < 4.78 is 26.7. The maximum absolute atomic E-state index is 12.6. The summed E-state index contributed by atoms with van der Waals surface area (Å²) in [6, 6.07) is 8.51.